The maximum absolute atomic E-state index is 10.5. The molecule has 0 bridgehead atoms. The Morgan fingerprint density at radius 2 is 2.56 bits per heavy atom. The van der Waals surface area contributed by atoms with Gasteiger partial charge in [0.25, 0.3) is 0 Å². The van der Waals surface area contributed by atoms with E-state index in [-0.39, 0.29) is 11.8 Å². The van der Waals surface area contributed by atoms with Crippen molar-refractivity contribution in [2.45, 2.75) is 6.10 Å². The molecule has 1 rings (SSSR count). The normalized spacial score (nSPS) is 34.1. The number of aliphatic hydroxyl groups excluding tert-OH is 1. The van der Waals surface area contributed by atoms with Gasteiger partial charge in [-0.2, -0.15) is 0 Å². The summed E-state index contributed by atoms with van der Waals surface area (Å²) in [5.74, 6) is -0.391. The third-order valence-electron chi connectivity index (χ3n) is 1.49. The minimum atomic E-state index is -0.873. The quantitative estimate of drug-likeness (QED) is 0.457. The van der Waals surface area contributed by atoms with Crippen LogP contribution >= 0.6 is 0 Å². The van der Waals surface area contributed by atoms with Gasteiger partial charge in [0.15, 0.2) is 0 Å². The molecule has 1 saturated heterocycles. The average Bonchev–Trinajstić information content (AvgIpc) is 2.15. The van der Waals surface area contributed by atoms with Crippen molar-refractivity contribution in [1.29, 1.82) is 0 Å². The Bertz CT molecular complexity index is 144. The highest BCUT2D eigenvalue weighted by molar-refractivity contribution is 5.83. The van der Waals surface area contributed by atoms with E-state index in [0.717, 1.165) is 0 Å². The molecule has 9 heavy (non-hydrogen) atoms. The zero-order valence-corrected chi connectivity index (χ0v) is 5.00. The number of nitrogens with one attached hydrogen (secondary N) is 1. The topological polar surface area (TPSA) is 49.3 Å². The molecule has 3 heteroatoms. The van der Waals surface area contributed by atoms with Gasteiger partial charge in [0.05, 0.1) is 0 Å². The van der Waals surface area contributed by atoms with Crippen LogP contribution in [0.1, 0.15) is 0 Å². The Kier molecular flexibility index (Phi) is 1.53. The van der Waals surface area contributed by atoms with E-state index in [2.05, 4.69) is 11.9 Å². The van der Waals surface area contributed by atoms with Crippen molar-refractivity contribution >= 4 is 5.91 Å². The number of aliphatic hydroxyl groups is 1. The Balaban J connectivity index is 2.61. The smallest absolute Gasteiger partial charge is 0.249 e. The van der Waals surface area contributed by atoms with Crippen molar-refractivity contribution in [3.8, 4) is 0 Å². The highest BCUT2D eigenvalue weighted by atomic mass is 16.3. The van der Waals surface area contributed by atoms with E-state index in [1.807, 2.05) is 0 Å². The van der Waals surface area contributed by atoms with Crippen LogP contribution in [0, 0.1) is 5.92 Å². The van der Waals surface area contributed by atoms with Gasteiger partial charge in [0.1, 0.15) is 6.10 Å². The van der Waals surface area contributed by atoms with Crippen LogP contribution in [0.25, 0.3) is 0 Å². The summed E-state index contributed by atoms with van der Waals surface area (Å²) in [4.78, 5) is 10.5. The average molecular weight is 127 g/mol. The number of amides is 1. The second-order valence-corrected chi connectivity index (χ2v) is 2.09. The molecule has 1 heterocycles. The summed E-state index contributed by atoms with van der Waals surface area (Å²) < 4.78 is 0. The van der Waals surface area contributed by atoms with E-state index in [0.29, 0.717) is 6.54 Å². The molecule has 1 amide bonds. The van der Waals surface area contributed by atoms with Crippen molar-refractivity contribution in [1.82, 2.24) is 5.32 Å². The Morgan fingerprint density at radius 1 is 1.89 bits per heavy atom. The van der Waals surface area contributed by atoms with Gasteiger partial charge >= 0.3 is 0 Å². The maximum atomic E-state index is 10.5. The second-order valence-electron chi connectivity index (χ2n) is 2.09. The number of hydrogen-bond donors (Lipinski definition) is 2. The van der Waals surface area contributed by atoms with E-state index in [1.54, 1.807) is 6.08 Å². The van der Waals surface area contributed by atoms with Crippen LogP contribution in [0.15, 0.2) is 12.7 Å². The predicted molar refractivity (Wildman–Crippen MR) is 32.7 cm³/mol. The van der Waals surface area contributed by atoms with Gasteiger partial charge in [0, 0.05) is 12.5 Å². The third-order valence-corrected chi connectivity index (χ3v) is 1.49. The summed E-state index contributed by atoms with van der Waals surface area (Å²) in [5.41, 5.74) is 0. The van der Waals surface area contributed by atoms with Gasteiger partial charge < -0.3 is 10.4 Å². The van der Waals surface area contributed by atoms with Gasteiger partial charge in [-0.1, -0.05) is 6.08 Å². The van der Waals surface area contributed by atoms with Gasteiger partial charge in [-0.05, 0) is 0 Å². The molecule has 0 aromatic carbocycles. The SMILES string of the molecule is C=CC1CNC(=O)C1O. The zero-order chi connectivity index (χ0) is 6.85. The van der Waals surface area contributed by atoms with Crippen LogP contribution in [-0.2, 0) is 4.79 Å². The molecule has 0 aliphatic carbocycles. The predicted octanol–water partition coefficient (Wildman–Crippen LogP) is -0.721. The molecule has 2 N–H and O–H groups in total. The molecule has 1 aliphatic heterocycles. The van der Waals surface area contributed by atoms with Crippen molar-refractivity contribution in [2.24, 2.45) is 5.92 Å². The monoisotopic (exact) mass is 127 g/mol. The molecule has 0 radical (unpaired) electrons. The number of rotatable bonds is 1. The van der Waals surface area contributed by atoms with Crippen LogP contribution in [-0.4, -0.2) is 23.7 Å². The summed E-state index contributed by atoms with van der Waals surface area (Å²) >= 11 is 0. The second kappa shape index (κ2) is 2.19. The molecular weight excluding hydrogens is 118 g/mol. The fraction of sp³-hybridized carbons (Fsp3) is 0.500. The van der Waals surface area contributed by atoms with Crippen molar-refractivity contribution < 1.29 is 9.90 Å². The molecule has 2 unspecified atom stereocenters. The van der Waals surface area contributed by atoms with Crippen molar-refractivity contribution in [2.75, 3.05) is 6.54 Å². The third kappa shape index (κ3) is 0.954. The van der Waals surface area contributed by atoms with Crippen LogP contribution in [0.2, 0.25) is 0 Å². The summed E-state index contributed by atoms with van der Waals surface area (Å²) in [6, 6.07) is 0. The van der Waals surface area contributed by atoms with Crippen LogP contribution in [0.5, 0.6) is 0 Å². The molecule has 3 nitrogen and oxygen atoms in total. The van der Waals surface area contributed by atoms with Crippen molar-refractivity contribution in [3.05, 3.63) is 12.7 Å². The van der Waals surface area contributed by atoms with Crippen LogP contribution < -0.4 is 5.32 Å². The minimum Gasteiger partial charge on any atom is -0.383 e. The molecule has 50 valence electrons. The highest BCUT2D eigenvalue weighted by Gasteiger charge is 2.29. The number of carbonyl (C=O) groups is 1. The summed E-state index contributed by atoms with van der Waals surface area (Å²) in [6.45, 7) is 3.99. The Morgan fingerprint density at radius 3 is 2.78 bits per heavy atom. The Labute approximate surface area is 53.4 Å². The molecule has 0 aromatic heterocycles. The van der Waals surface area contributed by atoms with Gasteiger partial charge in [0.2, 0.25) is 5.91 Å². The van der Waals surface area contributed by atoms with E-state index >= 15 is 0 Å². The minimum absolute atomic E-state index is 0.0995. The standard InChI is InChI=1S/C6H9NO2/c1-2-4-3-7-6(9)5(4)8/h2,4-5,8H,1,3H2,(H,7,9). The van der Waals surface area contributed by atoms with Crippen LogP contribution in [0.4, 0.5) is 0 Å². The largest absolute Gasteiger partial charge is 0.383 e. The molecule has 1 fully saturated rings. The van der Waals surface area contributed by atoms with Crippen LogP contribution in [0.3, 0.4) is 0 Å². The first kappa shape index (κ1) is 6.29. The lowest BCUT2D eigenvalue weighted by Gasteiger charge is -2.02. The fourth-order valence-electron chi connectivity index (χ4n) is 0.841. The Hall–Kier alpha value is -0.830. The summed E-state index contributed by atoms with van der Waals surface area (Å²) in [7, 11) is 0. The lowest BCUT2D eigenvalue weighted by molar-refractivity contribution is -0.126. The van der Waals surface area contributed by atoms with E-state index in [1.165, 1.54) is 0 Å². The molecule has 0 aromatic rings. The summed E-state index contributed by atoms with van der Waals surface area (Å²) in [5, 5.41) is 11.5. The molecule has 0 spiro atoms. The first-order valence-electron chi connectivity index (χ1n) is 2.84. The fourth-order valence-corrected chi connectivity index (χ4v) is 0.841. The molecular formula is C6H9NO2. The van der Waals surface area contributed by atoms with Crippen molar-refractivity contribution in [3.63, 3.8) is 0 Å². The number of hydrogen-bond acceptors (Lipinski definition) is 2. The molecule has 2 atom stereocenters. The first-order chi connectivity index (χ1) is 4.25. The first-order valence-corrected chi connectivity index (χ1v) is 2.84. The number of carbonyl (C=O) groups excluding carboxylic acids is 1. The van der Waals surface area contributed by atoms with E-state index < -0.39 is 6.10 Å². The molecule has 0 saturated carbocycles. The maximum Gasteiger partial charge on any atom is 0.249 e. The molecule has 1 aliphatic rings. The zero-order valence-electron chi connectivity index (χ0n) is 5.00. The van der Waals surface area contributed by atoms with Gasteiger partial charge in [-0.15, -0.1) is 6.58 Å². The van der Waals surface area contributed by atoms with Gasteiger partial charge in [-0.3, -0.25) is 4.79 Å². The van der Waals surface area contributed by atoms with Gasteiger partial charge in [-0.25, -0.2) is 0 Å². The highest BCUT2D eigenvalue weighted by Crippen LogP contribution is 2.09. The van der Waals surface area contributed by atoms with E-state index in [9.17, 15) is 4.79 Å². The lowest BCUT2D eigenvalue weighted by Crippen LogP contribution is -2.23. The van der Waals surface area contributed by atoms with E-state index in [4.69, 9.17) is 5.11 Å². The summed E-state index contributed by atoms with van der Waals surface area (Å²) in [6.07, 6.45) is 0.713. The lowest BCUT2D eigenvalue weighted by atomic mass is 10.1.